The Hall–Kier alpha value is -2.41. The Morgan fingerprint density at radius 2 is 1.81 bits per heavy atom. The molecule has 0 aromatic heterocycles. The van der Waals surface area contributed by atoms with Gasteiger partial charge < -0.3 is 9.64 Å². The molecule has 0 aliphatic carbocycles. The molecule has 0 bridgehead atoms. The minimum absolute atomic E-state index is 0.0124. The van der Waals surface area contributed by atoms with Gasteiger partial charge in [-0.05, 0) is 44.2 Å². The molecule has 0 spiro atoms. The number of hydrogen-bond acceptors (Lipinski definition) is 5. The van der Waals surface area contributed by atoms with Gasteiger partial charge in [0.2, 0.25) is 11.8 Å². The number of nitrogens with zero attached hydrogens (tertiary/aromatic N) is 2. The summed E-state index contributed by atoms with van der Waals surface area (Å²) in [4.78, 5) is 43.9. The highest BCUT2D eigenvalue weighted by molar-refractivity contribution is 6.05. The summed E-state index contributed by atoms with van der Waals surface area (Å²) in [5.41, 5.74) is -0.257. The van der Waals surface area contributed by atoms with Crippen LogP contribution in [0.2, 0.25) is 0 Å². The maximum absolute atomic E-state index is 13.5. The van der Waals surface area contributed by atoms with E-state index >= 15 is 0 Å². The van der Waals surface area contributed by atoms with E-state index in [4.69, 9.17) is 4.74 Å². The largest absolute Gasteiger partial charge is 0.465 e. The maximum atomic E-state index is 13.5. The number of fused-ring (bicyclic) bond motifs is 3. The van der Waals surface area contributed by atoms with Crippen LogP contribution in [0.1, 0.15) is 58.9 Å². The van der Waals surface area contributed by atoms with Crippen LogP contribution in [0.3, 0.4) is 0 Å². The van der Waals surface area contributed by atoms with E-state index in [1.54, 1.807) is 11.8 Å². The van der Waals surface area contributed by atoms with Gasteiger partial charge in [-0.3, -0.25) is 24.6 Å². The van der Waals surface area contributed by atoms with Crippen molar-refractivity contribution in [1.82, 2.24) is 10.2 Å². The molecule has 1 unspecified atom stereocenters. The number of benzene rings is 1. The SMILES string of the molecule is CCOC(=O)[C@@]12CC(C(=O)N3CCCCC3)N[C@@H]1N(C(=O)C(C)(C)C)c1ccccc12. The third-order valence-corrected chi connectivity index (χ3v) is 6.72. The number of likely N-dealkylation sites (tertiary alicyclic amines) is 1. The van der Waals surface area contributed by atoms with Gasteiger partial charge in [-0.15, -0.1) is 0 Å². The molecule has 1 N–H and O–H groups in total. The van der Waals surface area contributed by atoms with Gasteiger partial charge in [0, 0.05) is 24.2 Å². The zero-order valence-electron chi connectivity index (χ0n) is 18.9. The van der Waals surface area contributed by atoms with Gasteiger partial charge in [0.25, 0.3) is 0 Å². The van der Waals surface area contributed by atoms with E-state index < -0.39 is 23.0 Å². The van der Waals surface area contributed by atoms with E-state index in [1.807, 2.05) is 49.9 Å². The fourth-order valence-corrected chi connectivity index (χ4v) is 5.22. The predicted octanol–water partition coefficient (Wildman–Crippen LogP) is 2.58. The predicted molar refractivity (Wildman–Crippen MR) is 117 cm³/mol. The molecule has 2 amide bonds. The third-order valence-electron chi connectivity index (χ3n) is 6.72. The Bertz CT molecular complexity index is 887. The first-order valence-electron chi connectivity index (χ1n) is 11.4. The molecule has 2 fully saturated rings. The van der Waals surface area contributed by atoms with Crippen molar-refractivity contribution in [3.05, 3.63) is 29.8 Å². The fourth-order valence-electron chi connectivity index (χ4n) is 5.22. The lowest BCUT2D eigenvalue weighted by Crippen LogP contribution is -2.57. The second-order valence-electron chi connectivity index (χ2n) is 9.85. The third kappa shape index (κ3) is 3.43. The average molecular weight is 428 g/mol. The van der Waals surface area contributed by atoms with Crippen LogP contribution in [0.15, 0.2) is 24.3 Å². The van der Waals surface area contributed by atoms with Crippen LogP contribution in [-0.4, -0.2) is 54.6 Å². The number of nitrogens with one attached hydrogen (secondary N) is 1. The number of piperidine rings is 1. The summed E-state index contributed by atoms with van der Waals surface area (Å²) in [6.45, 7) is 9.12. The van der Waals surface area contributed by atoms with Gasteiger partial charge in [0.1, 0.15) is 11.6 Å². The zero-order chi connectivity index (χ0) is 22.4. The van der Waals surface area contributed by atoms with Crippen LogP contribution in [0.5, 0.6) is 0 Å². The fraction of sp³-hybridized carbons (Fsp3) is 0.625. The van der Waals surface area contributed by atoms with Gasteiger partial charge >= 0.3 is 5.97 Å². The molecular formula is C24H33N3O4. The van der Waals surface area contributed by atoms with Crippen molar-refractivity contribution in [3.8, 4) is 0 Å². The number of anilines is 1. The number of esters is 1. The summed E-state index contributed by atoms with van der Waals surface area (Å²) in [7, 11) is 0. The standard InChI is InChI=1S/C24H33N3O4/c1-5-31-22(30)24-15-17(19(28)26-13-9-6-10-14-26)25-20(24)27(21(29)23(2,3)4)18-12-8-7-11-16(18)24/h7-8,11-12,17,20,25H,5-6,9-10,13-15H2,1-4H3/t17?,20-,24-/m1/s1. The molecule has 0 radical (unpaired) electrons. The highest BCUT2D eigenvalue weighted by atomic mass is 16.5. The van der Waals surface area contributed by atoms with Crippen molar-refractivity contribution >= 4 is 23.5 Å². The van der Waals surface area contributed by atoms with Crippen molar-refractivity contribution in [2.45, 2.75) is 71.0 Å². The van der Waals surface area contributed by atoms with E-state index in [0.29, 0.717) is 0 Å². The Kier molecular flexibility index (Phi) is 5.58. The molecule has 3 aliphatic rings. The molecule has 7 heteroatoms. The minimum atomic E-state index is -1.09. The van der Waals surface area contributed by atoms with E-state index in [2.05, 4.69) is 5.32 Å². The van der Waals surface area contributed by atoms with Crippen molar-refractivity contribution in [2.24, 2.45) is 5.41 Å². The molecule has 2 saturated heterocycles. The molecule has 3 atom stereocenters. The van der Waals surface area contributed by atoms with Crippen molar-refractivity contribution in [3.63, 3.8) is 0 Å². The normalized spacial score (nSPS) is 27.6. The van der Waals surface area contributed by atoms with E-state index in [0.717, 1.165) is 43.6 Å². The summed E-state index contributed by atoms with van der Waals surface area (Å²) < 4.78 is 5.53. The quantitative estimate of drug-likeness (QED) is 0.750. The lowest BCUT2D eigenvalue weighted by Gasteiger charge is -2.34. The van der Waals surface area contributed by atoms with E-state index in [9.17, 15) is 14.4 Å². The number of carbonyl (C=O) groups is 3. The summed E-state index contributed by atoms with van der Waals surface area (Å²) in [6.07, 6.45) is 2.79. The first-order valence-corrected chi connectivity index (χ1v) is 11.4. The Balaban J connectivity index is 1.78. The molecule has 7 nitrogen and oxygen atoms in total. The maximum Gasteiger partial charge on any atom is 0.320 e. The van der Waals surface area contributed by atoms with Crippen molar-refractivity contribution in [1.29, 1.82) is 0 Å². The second-order valence-corrected chi connectivity index (χ2v) is 9.85. The van der Waals surface area contributed by atoms with Crippen molar-refractivity contribution in [2.75, 3.05) is 24.6 Å². The number of ether oxygens (including phenoxy) is 1. The smallest absolute Gasteiger partial charge is 0.320 e. The Morgan fingerprint density at radius 1 is 1.13 bits per heavy atom. The van der Waals surface area contributed by atoms with Crippen LogP contribution < -0.4 is 10.2 Å². The summed E-state index contributed by atoms with van der Waals surface area (Å²) in [5, 5.41) is 3.39. The second kappa shape index (κ2) is 7.93. The molecule has 1 aromatic carbocycles. The minimum Gasteiger partial charge on any atom is -0.465 e. The van der Waals surface area contributed by atoms with Gasteiger partial charge in [0.15, 0.2) is 0 Å². The summed E-state index contributed by atoms with van der Waals surface area (Å²) >= 11 is 0. The zero-order valence-corrected chi connectivity index (χ0v) is 18.9. The molecule has 4 rings (SSSR count). The number of hydrogen-bond donors (Lipinski definition) is 1. The van der Waals surface area contributed by atoms with Gasteiger partial charge in [-0.25, -0.2) is 0 Å². The number of carbonyl (C=O) groups excluding carboxylic acids is 3. The van der Waals surface area contributed by atoms with Crippen LogP contribution in [0.25, 0.3) is 0 Å². The van der Waals surface area contributed by atoms with E-state index in [-0.39, 0.29) is 30.8 Å². The first kappa shape index (κ1) is 21.8. The topological polar surface area (TPSA) is 79.0 Å². The highest BCUT2D eigenvalue weighted by Gasteiger charge is 2.65. The van der Waals surface area contributed by atoms with Gasteiger partial charge in [0.05, 0.1) is 12.6 Å². The van der Waals surface area contributed by atoms with Crippen molar-refractivity contribution < 1.29 is 19.1 Å². The monoisotopic (exact) mass is 427 g/mol. The number of para-hydroxylation sites is 1. The van der Waals surface area contributed by atoms with Gasteiger partial charge in [-0.1, -0.05) is 39.0 Å². The molecule has 3 aliphatic heterocycles. The summed E-state index contributed by atoms with van der Waals surface area (Å²) in [5.74, 6) is -0.453. The van der Waals surface area contributed by atoms with Gasteiger partial charge in [-0.2, -0.15) is 0 Å². The highest BCUT2D eigenvalue weighted by Crippen LogP contribution is 2.52. The van der Waals surface area contributed by atoms with Crippen LogP contribution in [0, 0.1) is 5.41 Å². The molecular weight excluding hydrogens is 394 g/mol. The van der Waals surface area contributed by atoms with E-state index in [1.165, 1.54) is 0 Å². The van der Waals surface area contributed by atoms with Crippen LogP contribution in [-0.2, 0) is 24.5 Å². The average Bonchev–Trinajstić information content (AvgIpc) is 3.26. The lowest BCUT2D eigenvalue weighted by molar-refractivity contribution is -0.150. The Morgan fingerprint density at radius 3 is 2.45 bits per heavy atom. The Labute approximate surface area is 184 Å². The molecule has 168 valence electrons. The first-order chi connectivity index (χ1) is 14.7. The molecule has 0 saturated carbocycles. The number of amides is 2. The number of rotatable bonds is 3. The molecule has 3 heterocycles. The molecule has 1 aromatic rings. The lowest BCUT2D eigenvalue weighted by atomic mass is 9.77. The van der Waals surface area contributed by atoms with Crippen LogP contribution >= 0.6 is 0 Å². The van der Waals surface area contributed by atoms with Crippen LogP contribution in [0.4, 0.5) is 5.69 Å². The summed E-state index contributed by atoms with van der Waals surface area (Å²) in [6, 6.07) is 6.99. The molecule has 31 heavy (non-hydrogen) atoms.